The monoisotopic (exact) mass is 321 g/mol. The molecule has 7 nitrogen and oxygen atoms in total. The van der Waals surface area contributed by atoms with Gasteiger partial charge in [-0.05, 0) is 19.4 Å². The second-order valence-corrected chi connectivity index (χ2v) is 5.77. The van der Waals surface area contributed by atoms with Crippen LogP contribution in [0.3, 0.4) is 0 Å². The molecule has 0 spiro atoms. The molecule has 2 rings (SSSR count). The standard InChI is InChI=1S/C14H19N5O2S/c1-3-5-10(2)13(21)19-9-22-8-11(19)12(20)17-18-14-15-6-4-7-16-14/h4-7,11H,3,8-9H2,1-2H3,(H,17,20)(H,15,16,18)/b10-5-/t11-/m0/s1. The Labute approximate surface area is 133 Å². The van der Waals surface area contributed by atoms with E-state index in [1.165, 1.54) is 0 Å². The first-order chi connectivity index (χ1) is 10.6. The normalized spacial score (nSPS) is 18.2. The Hall–Kier alpha value is -2.09. The van der Waals surface area contributed by atoms with Crippen LogP contribution in [0.5, 0.6) is 0 Å². The lowest BCUT2D eigenvalue weighted by atomic mass is 10.2. The summed E-state index contributed by atoms with van der Waals surface area (Å²) < 4.78 is 0. The van der Waals surface area contributed by atoms with E-state index in [0.29, 0.717) is 23.2 Å². The molecule has 1 atom stereocenters. The van der Waals surface area contributed by atoms with Gasteiger partial charge in [-0.2, -0.15) is 0 Å². The zero-order chi connectivity index (χ0) is 15.9. The van der Waals surface area contributed by atoms with Crippen molar-refractivity contribution < 1.29 is 9.59 Å². The first-order valence-corrected chi connectivity index (χ1v) is 8.17. The number of rotatable bonds is 5. The Bertz CT molecular complexity index is 564. The number of hydrogen-bond acceptors (Lipinski definition) is 6. The number of hydrazine groups is 1. The van der Waals surface area contributed by atoms with E-state index in [1.54, 1.807) is 42.0 Å². The lowest BCUT2D eigenvalue weighted by Gasteiger charge is -2.23. The molecule has 0 aliphatic carbocycles. The van der Waals surface area contributed by atoms with Crippen LogP contribution in [0.1, 0.15) is 20.3 Å². The number of carbonyl (C=O) groups is 2. The van der Waals surface area contributed by atoms with E-state index in [9.17, 15) is 9.59 Å². The fraction of sp³-hybridized carbons (Fsp3) is 0.429. The Balaban J connectivity index is 1.96. The number of allylic oxidation sites excluding steroid dienone is 1. The van der Waals surface area contributed by atoms with Crippen LogP contribution in [-0.4, -0.2) is 44.4 Å². The molecule has 1 aromatic rings. The van der Waals surface area contributed by atoms with E-state index in [1.807, 2.05) is 13.0 Å². The topological polar surface area (TPSA) is 87.2 Å². The quantitative estimate of drug-likeness (QED) is 0.625. The number of amides is 2. The van der Waals surface area contributed by atoms with Gasteiger partial charge >= 0.3 is 0 Å². The van der Waals surface area contributed by atoms with Crippen molar-refractivity contribution in [2.24, 2.45) is 0 Å². The Morgan fingerprint density at radius 2 is 2.18 bits per heavy atom. The third-order valence-corrected chi connectivity index (χ3v) is 4.17. The van der Waals surface area contributed by atoms with Gasteiger partial charge in [0.2, 0.25) is 5.95 Å². The van der Waals surface area contributed by atoms with E-state index >= 15 is 0 Å². The van der Waals surface area contributed by atoms with E-state index in [2.05, 4.69) is 20.8 Å². The lowest BCUT2D eigenvalue weighted by molar-refractivity contribution is -0.135. The molecule has 0 saturated carbocycles. The van der Waals surface area contributed by atoms with E-state index in [-0.39, 0.29) is 11.8 Å². The van der Waals surface area contributed by atoms with Crippen LogP contribution < -0.4 is 10.9 Å². The first kappa shape index (κ1) is 16.3. The van der Waals surface area contributed by atoms with Crippen LogP contribution >= 0.6 is 11.8 Å². The average molecular weight is 321 g/mol. The molecule has 1 aliphatic rings. The SMILES string of the molecule is CC/C=C(/C)C(=O)N1CSC[C@H]1C(=O)NNc1ncccn1. The number of thioether (sulfide) groups is 1. The third-order valence-electron chi connectivity index (χ3n) is 3.16. The van der Waals surface area contributed by atoms with Crippen LogP contribution in [0.25, 0.3) is 0 Å². The van der Waals surface area contributed by atoms with Crippen LogP contribution in [0, 0.1) is 0 Å². The summed E-state index contributed by atoms with van der Waals surface area (Å²) in [5, 5.41) is 0. The van der Waals surface area contributed by atoms with Gasteiger partial charge in [0.25, 0.3) is 11.8 Å². The average Bonchev–Trinajstić information content (AvgIpc) is 3.02. The second-order valence-electron chi connectivity index (χ2n) is 4.77. The molecule has 1 saturated heterocycles. The van der Waals surface area contributed by atoms with Gasteiger partial charge in [0.1, 0.15) is 6.04 Å². The minimum Gasteiger partial charge on any atom is -0.317 e. The number of nitrogens with zero attached hydrogens (tertiary/aromatic N) is 3. The molecule has 0 unspecified atom stereocenters. The summed E-state index contributed by atoms with van der Waals surface area (Å²) >= 11 is 1.56. The van der Waals surface area contributed by atoms with Gasteiger partial charge in [0.05, 0.1) is 5.88 Å². The lowest BCUT2D eigenvalue weighted by Crippen LogP contribution is -2.49. The summed E-state index contributed by atoms with van der Waals surface area (Å²) in [5.41, 5.74) is 5.88. The maximum Gasteiger partial charge on any atom is 0.262 e. The molecule has 0 bridgehead atoms. The molecule has 0 radical (unpaired) electrons. The maximum absolute atomic E-state index is 12.3. The number of nitrogens with one attached hydrogen (secondary N) is 2. The molecule has 118 valence electrons. The van der Waals surface area contributed by atoms with Crippen molar-refractivity contribution >= 4 is 29.5 Å². The number of hydrogen-bond donors (Lipinski definition) is 2. The zero-order valence-corrected chi connectivity index (χ0v) is 13.4. The molecule has 1 fully saturated rings. The van der Waals surface area contributed by atoms with Crippen molar-refractivity contribution in [2.45, 2.75) is 26.3 Å². The molecular formula is C14H19N5O2S. The first-order valence-electron chi connectivity index (χ1n) is 7.01. The van der Waals surface area contributed by atoms with Crippen molar-refractivity contribution in [2.75, 3.05) is 17.1 Å². The molecule has 8 heteroatoms. The van der Waals surface area contributed by atoms with E-state index in [0.717, 1.165) is 6.42 Å². The highest BCUT2D eigenvalue weighted by Crippen LogP contribution is 2.23. The van der Waals surface area contributed by atoms with Crippen LogP contribution in [-0.2, 0) is 9.59 Å². The summed E-state index contributed by atoms with van der Waals surface area (Å²) in [7, 11) is 0. The highest BCUT2D eigenvalue weighted by Gasteiger charge is 2.35. The van der Waals surface area contributed by atoms with Crippen molar-refractivity contribution in [1.82, 2.24) is 20.3 Å². The fourth-order valence-corrected chi connectivity index (χ4v) is 3.20. The van der Waals surface area contributed by atoms with E-state index in [4.69, 9.17) is 0 Å². The minimum atomic E-state index is -0.492. The predicted octanol–water partition coefficient (Wildman–Crippen LogP) is 1.18. The Morgan fingerprint density at radius 3 is 2.86 bits per heavy atom. The molecule has 2 amide bonds. The van der Waals surface area contributed by atoms with Gasteiger partial charge in [-0.15, -0.1) is 11.8 Å². The van der Waals surface area contributed by atoms with Crippen LogP contribution in [0.2, 0.25) is 0 Å². The Morgan fingerprint density at radius 1 is 1.45 bits per heavy atom. The van der Waals surface area contributed by atoms with Crippen LogP contribution in [0.4, 0.5) is 5.95 Å². The van der Waals surface area contributed by atoms with Crippen molar-refractivity contribution in [3.8, 4) is 0 Å². The summed E-state index contributed by atoms with van der Waals surface area (Å²) in [6.07, 6.45) is 5.81. The van der Waals surface area contributed by atoms with Gasteiger partial charge in [-0.1, -0.05) is 13.0 Å². The van der Waals surface area contributed by atoms with Gasteiger partial charge in [-0.3, -0.25) is 20.4 Å². The second kappa shape index (κ2) is 7.79. The number of anilines is 1. The number of carbonyl (C=O) groups excluding carboxylic acids is 2. The molecule has 0 aromatic carbocycles. The maximum atomic E-state index is 12.3. The fourth-order valence-electron chi connectivity index (χ4n) is 2.04. The molecule has 22 heavy (non-hydrogen) atoms. The molecule has 2 heterocycles. The summed E-state index contributed by atoms with van der Waals surface area (Å²) in [5.74, 6) is 1.04. The summed E-state index contributed by atoms with van der Waals surface area (Å²) in [6.45, 7) is 3.75. The predicted molar refractivity (Wildman–Crippen MR) is 85.8 cm³/mol. The van der Waals surface area contributed by atoms with Crippen molar-refractivity contribution in [1.29, 1.82) is 0 Å². The Kier molecular flexibility index (Phi) is 5.76. The highest BCUT2D eigenvalue weighted by atomic mass is 32.2. The molecule has 2 N–H and O–H groups in total. The third kappa shape index (κ3) is 3.97. The van der Waals surface area contributed by atoms with Gasteiger partial charge in [-0.25, -0.2) is 9.97 Å². The van der Waals surface area contributed by atoms with Crippen LogP contribution in [0.15, 0.2) is 30.1 Å². The molecular weight excluding hydrogens is 302 g/mol. The zero-order valence-electron chi connectivity index (χ0n) is 12.6. The van der Waals surface area contributed by atoms with Gasteiger partial charge < -0.3 is 4.90 Å². The summed E-state index contributed by atoms with van der Waals surface area (Å²) in [4.78, 5) is 34.1. The van der Waals surface area contributed by atoms with E-state index < -0.39 is 6.04 Å². The minimum absolute atomic E-state index is 0.0945. The van der Waals surface area contributed by atoms with Gasteiger partial charge in [0.15, 0.2) is 0 Å². The molecule has 1 aromatic heterocycles. The number of aromatic nitrogens is 2. The highest BCUT2D eigenvalue weighted by molar-refractivity contribution is 7.99. The molecule has 1 aliphatic heterocycles. The van der Waals surface area contributed by atoms with Gasteiger partial charge in [0, 0.05) is 23.7 Å². The summed E-state index contributed by atoms with van der Waals surface area (Å²) in [6, 6.07) is 1.19. The largest absolute Gasteiger partial charge is 0.317 e. The van der Waals surface area contributed by atoms with Crippen molar-refractivity contribution in [3.05, 3.63) is 30.1 Å². The smallest absolute Gasteiger partial charge is 0.262 e. The van der Waals surface area contributed by atoms with Crippen molar-refractivity contribution in [3.63, 3.8) is 0 Å².